The molecule has 0 radical (unpaired) electrons. The smallest absolute Gasteiger partial charge is 0.159 e. The second kappa shape index (κ2) is 10.2. The summed E-state index contributed by atoms with van der Waals surface area (Å²) < 4.78 is 2.36. The largest absolute Gasteiger partial charge is 0.337 e. The van der Waals surface area contributed by atoms with Crippen molar-refractivity contribution in [3.63, 3.8) is 0 Å². The Hall–Kier alpha value is -6.59. The second-order valence-electron chi connectivity index (χ2n) is 12.3. The lowest BCUT2D eigenvalue weighted by Gasteiger charge is -2.14. The molecule has 224 valence electrons. The highest BCUT2D eigenvalue weighted by atomic mass is 15.0. The Labute approximate surface area is 275 Å². The van der Waals surface area contributed by atoms with Crippen LogP contribution in [0.4, 0.5) is 0 Å². The standard InChI is InChI=1S/C43H27N5/c44-42(47-43-41(27-10-2-1-3-11-27)45-34-17-6-7-18-35(34)46-43)28-20-23-29(24-21-28)48-36-19-9-16-33-31-14-5-4-13-30(31)32-15-8-12-26-22-25-37(48)40(38(26)32)39(33)36/h1-25H,(H2,44,46,47). The Bertz CT molecular complexity index is 2840. The number of H-pyrrole nitrogens is 1. The Morgan fingerprint density at radius 2 is 1.23 bits per heavy atom. The summed E-state index contributed by atoms with van der Waals surface area (Å²) in [4.78, 5) is 13.1. The summed E-state index contributed by atoms with van der Waals surface area (Å²) in [6, 6.07) is 52.6. The molecule has 5 heteroatoms. The molecular weight excluding hydrogens is 587 g/mol. The van der Waals surface area contributed by atoms with E-state index in [1.54, 1.807) is 0 Å². The Kier molecular flexibility index (Phi) is 5.66. The summed E-state index contributed by atoms with van der Waals surface area (Å²) in [6.07, 6.45) is 0. The lowest BCUT2D eigenvalue weighted by molar-refractivity contribution is 1.15. The lowest BCUT2D eigenvalue weighted by atomic mass is 9.93. The highest BCUT2D eigenvalue weighted by Gasteiger charge is 2.24. The minimum absolute atomic E-state index is 0.165. The van der Waals surface area contributed by atoms with Crippen LogP contribution in [0.25, 0.3) is 82.8 Å². The number of hydrogen-bond acceptors (Lipinski definition) is 2. The molecule has 0 spiro atoms. The number of rotatable bonds is 3. The quantitative estimate of drug-likeness (QED) is 0.151. The molecule has 2 N–H and O–H groups in total. The topological polar surface area (TPSA) is 69.8 Å². The summed E-state index contributed by atoms with van der Waals surface area (Å²) in [7, 11) is 0. The number of fused-ring (bicyclic) bond motifs is 4. The van der Waals surface area contributed by atoms with Gasteiger partial charge in [0.25, 0.3) is 0 Å². The molecule has 2 aromatic heterocycles. The fourth-order valence-electron chi connectivity index (χ4n) is 7.47. The van der Waals surface area contributed by atoms with Gasteiger partial charge in [0.1, 0.15) is 5.69 Å². The van der Waals surface area contributed by atoms with Crippen LogP contribution in [0.2, 0.25) is 0 Å². The van der Waals surface area contributed by atoms with E-state index in [1.807, 2.05) is 66.7 Å². The zero-order valence-corrected chi connectivity index (χ0v) is 25.8. The molecule has 0 amide bonds. The first-order chi connectivity index (χ1) is 23.7. The van der Waals surface area contributed by atoms with Gasteiger partial charge in [-0.3, -0.25) is 5.41 Å². The highest BCUT2D eigenvalue weighted by Crippen LogP contribution is 2.49. The van der Waals surface area contributed by atoms with Gasteiger partial charge in [-0.2, -0.15) is 0 Å². The maximum atomic E-state index is 9.04. The number of aromatic nitrogens is 3. The lowest BCUT2D eigenvalue weighted by Crippen LogP contribution is -2.16. The predicted molar refractivity (Wildman–Crippen MR) is 197 cm³/mol. The van der Waals surface area contributed by atoms with Gasteiger partial charge in [0.2, 0.25) is 0 Å². The van der Waals surface area contributed by atoms with E-state index in [1.165, 1.54) is 54.8 Å². The Morgan fingerprint density at radius 1 is 0.562 bits per heavy atom. The van der Waals surface area contributed by atoms with Crippen LogP contribution in [-0.2, 0) is 0 Å². The number of benzene rings is 7. The van der Waals surface area contributed by atoms with Gasteiger partial charge in [0.15, 0.2) is 11.3 Å². The minimum Gasteiger partial charge on any atom is -0.337 e. The molecule has 1 aliphatic rings. The number of hydrogen-bond donors (Lipinski definition) is 2. The molecule has 1 aliphatic carbocycles. The van der Waals surface area contributed by atoms with E-state index < -0.39 is 0 Å². The third-order valence-electron chi connectivity index (χ3n) is 9.59. The normalized spacial score (nSPS) is 12.4. The Morgan fingerprint density at radius 3 is 2.04 bits per heavy atom. The van der Waals surface area contributed by atoms with Crippen molar-refractivity contribution in [2.75, 3.05) is 0 Å². The number of amidine groups is 1. The van der Waals surface area contributed by atoms with E-state index in [0.717, 1.165) is 27.8 Å². The third-order valence-corrected chi connectivity index (χ3v) is 9.59. The summed E-state index contributed by atoms with van der Waals surface area (Å²) >= 11 is 0. The number of para-hydroxylation sites is 2. The molecule has 0 aliphatic heterocycles. The Balaban J connectivity index is 1.14. The van der Waals surface area contributed by atoms with Crippen LogP contribution in [0.5, 0.6) is 0 Å². The molecule has 7 aromatic carbocycles. The van der Waals surface area contributed by atoms with E-state index in [2.05, 4.69) is 94.5 Å². The van der Waals surface area contributed by atoms with Gasteiger partial charge in [-0.25, -0.2) is 9.98 Å². The second-order valence-corrected chi connectivity index (χ2v) is 12.3. The molecule has 0 atom stereocenters. The van der Waals surface area contributed by atoms with Crippen LogP contribution in [0, 0.1) is 5.41 Å². The zero-order valence-electron chi connectivity index (χ0n) is 25.8. The van der Waals surface area contributed by atoms with Crippen LogP contribution in [-0.4, -0.2) is 20.4 Å². The number of aromatic amines is 1. The van der Waals surface area contributed by atoms with Crippen LogP contribution in [0.1, 0.15) is 5.56 Å². The van der Waals surface area contributed by atoms with Gasteiger partial charge in [-0.1, -0.05) is 103 Å². The van der Waals surface area contributed by atoms with Gasteiger partial charge >= 0.3 is 0 Å². The van der Waals surface area contributed by atoms with Crippen molar-refractivity contribution in [2.45, 2.75) is 0 Å². The van der Waals surface area contributed by atoms with Crippen molar-refractivity contribution in [3.8, 4) is 39.2 Å². The van der Waals surface area contributed by atoms with Gasteiger partial charge in [-0.15, -0.1) is 0 Å². The molecule has 0 bridgehead atoms. The van der Waals surface area contributed by atoms with E-state index in [4.69, 9.17) is 15.4 Å². The summed E-state index contributed by atoms with van der Waals surface area (Å²) in [6.45, 7) is 0. The van der Waals surface area contributed by atoms with E-state index in [9.17, 15) is 0 Å². The summed E-state index contributed by atoms with van der Waals surface area (Å²) in [5.41, 5.74) is 13.1. The summed E-state index contributed by atoms with van der Waals surface area (Å²) in [5.74, 6) is 0.165. The minimum atomic E-state index is 0.165. The molecule has 5 nitrogen and oxygen atoms in total. The van der Waals surface area contributed by atoms with E-state index >= 15 is 0 Å². The van der Waals surface area contributed by atoms with Crippen LogP contribution >= 0.6 is 0 Å². The average Bonchev–Trinajstić information content (AvgIpc) is 3.43. The van der Waals surface area contributed by atoms with Gasteiger partial charge < -0.3 is 9.55 Å². The van der Waals surface area contributed by atoms with Gasteiger partial charge in [-0.05, 0) is 81.6 Å². The van der Waals surface area contributed by atoms with Crippen molar-refractivity contribution >= 4 is 49.4 Å². The van der Waals surface area contributed by atoms with Crippen molar-refractivity contribution in [1.29, 1.82) is 5.41 Å². The SMILES string of the molecule is N=C(N=c1[nH]c2ccccc2nc1-c1ccccc1)c1ccc(-n2c3cccc4c3c3c5c(cccc5ccc32)-c2ccccc2-4)cc1. The fourth-order valence-corrected chi connectivity index (χ4v) is 7.47. The maximum Gasteiger partial charge on any atom is 0.159 e. The van der Waals surface area contributed by atoms with Crippen LogP contribution in [0.3, 0.4) is 0 Å². The first-order valence-electron chi connectivity index (χ1n) is 16.1. The number of nitrogens with zero attached hydrogens (tertiary/aromatic N) is 3. The highest BCUT2D eigenvalue weighted by molar-refractivity contribution is 6.30. The monoisotopic (exact) mass is 613 g/mol. The maximum absolute atomic E-state index is 9.04. The molecule has 0 fully saturated rings. The van der Waals surface area contributed by atoms with Gasteiger partial charge in [0.05, 0.1) is 22.1 Å². The number of nitrogens with one attached hydrogen (secondary N) is 2. The molecule has 2 heterocycles. The van der Waals surface area contributed by atoms with Crippen LogP contribution < -0.4 is 5.49 Å². The fraction of sp³-hybridized carbons (Fsp3) is 0. The molecule has 0 saturated heterocycles. The molecule has 9 aromatic rings. The summed E-state index contributed by atoms with van der Waals surface area (Å²) in [5, 5.41) is 14.1. The van der Waals surface area contributed by atoms with E-state index in [-0.39, 0.29) is 5.84 Å². The first-order valence-corrected chi connectivity index (χ1v) is 16.1. The molecule has 48 heavy (non-hydrogen) atoms. The van der Waals surface area contributed by atoms with Crippen molar-refractivity contribution in [2.24, 2.45) is 4.99 Å². The van der Waals surface area contributed by atoms with Crippen molar-refractivity contribution in [1.82, 2.24) is 14.5 Å². The predicted octanol–water partition coefficient (Wildman–Crippen LogP) is 10.1. The zero-order chi connectivity index (χ0) is 31.8. The third kappa shape index (κ3) is 3.88. The average molecular weight is 614 g/mol. The molecule has 10 rings (SSSR count). The van der Waals surface area contributed by atoms with Crippen molar-refractivity contribution in [3.05, 3.63) is 163 Å². The van der Waals surface area contributed by atoms with Crippen molar-refractivity contribution < 1.29 is 0 Å². The van der Waals surface area contributed by atoms with Crippen LogP contribution in [0.15, 0.2) is 157 Å². The molecular formula is C43H27N5. The first kappa shape index (κ1) is 26.6. The van der Waals surface area contributed by atoms with Gasteiger partial charge in [0, 0.05) is 27.6 Å². The molecule has 0 unspecified atom stereocenters. The molecule has 0 saturated carbocycles. The van der Waals surface area contributed by atoms with E-state index in [0.29, 0.717) is 11.2 Å².